The average Bonchev–Trinajstić information content (AvgIpc) is 2.88. The molecule has 0 aromatic carbocycles. The van der Waals surface area contributed by atoms with E-state index in [4.69, 9.17) is 0 Å². The molecule has 1 fully saturated rings. The first-order valence-electron chi connectivity index (χ1n) is 7.68. The summed E-state index contributed by atoms with van der Waals surface area (Å²) in [5.74, 6) is 2.61. The van der Waals surface area contributed by atoms with Gasteiger partial charge in [-0.05, 0) is 31.4 Å². The Labute approximate surface area is 131 Å². The van der Waals surface area contributed by atoms with E-state index >= 15 is 0 Å². The molecular weight excluding hydrogens is 286 g/mol. The van der Waals surface area contributed by atoms with Gasteiger partial charge in [-0.15, -0.1) is 0 Å². The van der Waals surface area contributed by atoms with E-state index in [1.54, 1.807) is 0 Å². The lowest BCUT2D eigenvalue weighted by atomic mass is 10.0. The largest absolute Gasteiger partial charge is 0.313 e. The lowest BCUT2D eigenvalue weighted by Gasteiger charge is -2.36. The van der Waals surface area contributed by atoms with Crippen molar-refractivity contribution in [2.45, 2.75) is 49.7 Å². The Hall–Kier alpha value is -0.130. The van der Waals surface area contributed by atoms with Crippen LogP contribution >= 0.6 is 23.5 Å². The average molecular weight is 314 g/mol. The lowest BCUT2D eigenvalue weighted by Crippen LogP contribution is -2.46. The van der Waals surface area contributed by atoms with Gasteiger partial charge in [0.1, 0.15) is 0 Å². The molecule has 20 heavy (non-hydrogen) atoms. The van der Waals surface area contributed by atoms with Crippen LogP contribution in [0, 0.1) is 0 Å². The zero-order valence-electron chi connectivity index (χ0n) is 12.8. The summed E-state index contributed by atoms with van der Waals surface area (Å²) >= 11 is 4.34. The first-order valence-corrected chi connectivity index (χ1v) is 9.78. The van der Waals surface area contributed by atoms with Crippen LogP contribution in [0.1, 0.15) is 32.3 Å². The molecule has 3 unspecified atom stereocenters. The number of aryl methyl sites for hydroxylation is 1. The molecule has 1 aliphatic rings. The Morgan fingerprint density at radius 3 is 2.85 bits per heavy atom. The molecule has 1 aromatic rings. The van der Waals surface area contributed by atoms with Crippen LogP contribution in [0.3, 0.4) is 0 Å². The molecule has 0 spiro atoms. The zero-order valence-corrected chi connectivity index (χ0v) is 14.5. The van der Waals surface area contributed by atoms with Crippen LogP contribution in [-0.4, -0.2) is 44.4 Å². The van der Waals surface area contributed by atoms with Gasteiger partial charge in [-0.3, -0.25) is 4.68 Å². The second-order valence-corrected chi connectivity index (χ2v) is 8.07. The van der Waals surface area contributed by atoms with Gasteiger partial charge >= 0.3 is 0 Å². The highest BCUT2D eigenvalue weighted by Crippen LogP contribution is 2.36. The molecule has 0 radical (unpaired) electrons. The van der Waals surface area contributed by atoms with Gasteiger partial charge < -0.3 is 5.32 Å². The van der Waals surface area contributed by atoms with E-state index in [-0.39, 0.29) is 0 Å². The van der Waals surface area contributed by atoms with Crippen LogP contribution < -0.4 is 5.32 Å². The monoisotopic (exact) mass is 313 g/mol. The minimum Gasteiger partial charge on any atom is -0.313 e. The minimum absolute atomic E-state index is 0.571. The van der Waals surface area contributed by atoms with E-state index in [1.165, 1.54) is 29.9 Å². The van der Waals surface area contributed by atoms with Crippen molar-refractivity contribution in [3.63, 3.8) is 0 Å². The number of thioether (sulfide) groups is 2. The quantitative estimate of drug-likeness (QED) is 0.838. The normalized spacial score (nSPS) is 24.8. The van der Waals surface area contributed by atoms with Crippen LogP contribution in [-0.2, 0) is 13.5 Å². The standard InChI is InChI=1S/C15H27N3S2/c1-4-6-16-13(9-12-10-17-18(3)11-12)15-14(5-2)19-7-8-20-15/h10-11,13-16H,4-9H2,1-3H3. The van der Waals surface area contributed by atoms with Crippen LogP contribution in [0.2, 0.25) is 0 Å². The maximum absolute atomic E-state index is 4.31. The lowest BCUT2D eigenvalue weighted by molar-refractivity contribution is 0.477. The van der Waals surface area contributed by atoms with Gasteiger partial charge in [0.25, 0.3) is 0 Å². The summed E-state index contributed by atoms with van der Waals surface area (Å²) in [5, 5.41) is 9.62. The first-order chi connectivity index (χ1) is 9.74. The van der Waals surface area contributed by atoms with Gasteiger partial charge in [0, 0.05) is 41.3 Å². The van der Waals surface area contributed by atoms with Gasteiger partial charge in [0.05, 0.1) is 6.20 Å². The maximum atomic E-state index is 4.31. The molecule has 114 valence electrons. The summed E-state index contributed by atoms with van der Waals surface area (Å²) in [7, 11) is 2.00. The second-order valence-electron chi connectivity index (χ2n) is 5.44. The predicted octanol–water partition coefficient (Wildman–Crippen LogP) is 2.96. The van der Waals surface area contributed by atoms with E-state index in [0.717, 1.165) is 23.5 Å². The molecule has 3 nitrogen and oxygen atoms in total. The fourth-order valence-electron chi connectivity index (χ4n) is 2.78. The van der Waals surface area contributed by atoms with Gasteiger partial charge in [-0.1, -0.05) is 13.8 Å². The number of hydrogen-bond acceptors (Lipinski definition) is 4. The summed E-state index contributed by atoms with van der Waals surface area (Å²) < 4.78 is 1.91. The third-order valence-corrected chi connectivity index (χ3v) is 7.17. The molecule has 0 amide bonds. The number of hydrogen-bond donors (Lipinski definition) is 1. The number of nitrogens with one attached hydrogen (secondary N) is 1. The number of aromatic nitrogens is 2. The molecule has 1 saturated heterocycles. The van der Waals surface area contributed by atoms with Crippen LogP contribution in [0.5, 0.6) is 0 Å². The van der Waals surface area contributed by atoms with Crippen molar-refractivity contribution < 1.29 is 0 Å². The Kier molecular flexibility index (Phi) is 6.78. The van der Waals surface area contributed by atoms with Crippen molar-refractivity contribution in [3.05, 3.63) is 18.0 Å². The highest BCUT2D eigenvalue weighted by atomic mass is 32.2. The molecule has 5 heteroatoms. The molecule has 2 heterocycles. The highest BCUT2D eigenvalue weighted by Gasteiger charge is 2.31. The Balaban J connectivity index is 2.04. The van der Waals surface area contributed by atoms with E-state index in [2.05, 4.69) is 54.0 Å². The molecule has 1 aromatic heterocycles. The summed E-state index contributed by atoms with van der Waals surface area (Å²) in [4.78, 5) is 0. The van der Waals surface area contributed by atoms with E-state index in [1.807, 2.05) is 17.9 Å². The minimum atomic E-state index is 0.571. The third kappa shape index (κ3) is 4.43. The summed E-state index contributed by atoms with van der Waals surface area (Å²) in [6.45, 7) is 5.69. The Morgan fingerprint density at radius 1 is 1.40 bits per heavy atom. The van der Waals surface area contributed by atoms with Crippen LogP contribution in [0.25, 0.3) is 0 Å². The predicted molar refractivity (Wildman–Crippen MR) is 91.8 cm³/mol. The van der Waals surface area contributed by atoms with Crippen molar-refractivity contribution in [1.29, 1.82) is 0 Å². The second kappa shape index (κ2) is 8.35. The first kappa shape index (κ1) is 16.2. The summed E-state index contributed by atoms with van der Waals surface area (Å²) in [6, 6.07) is 0.571. The van der Waals surface area contributed by atoms with Gasteiger partial charge in [-0.2, -0.15) is 28.6 Å². The fourth-order valence-corrected chi connectivity index (χ4v) is 6.04. The molecule has 0 bridgehead atoms. The molecule has 0 aliphatic carbocycles. The molecule has 0 saturated carbocycles. The van der Waals surface area contributed by atoms with Crippen molar-refractivity contribution in [2.24, 2.45) is 7.05 Å². The molecule has 3 atom stereocenters. The van der Waals surface area contributed by atoms with Gasteiger partial charge in [0.2, 0.25) is 0 Å². The Bertz CT molecular complexity index is 394. The Morgan fingerprint density at radius 2 is 2.20 bits per heavy atom. The van der Waals surface area contributed by atoms with Crippen molar-refractivity contribution in [1.82, 2.24) is 15.1 Å². The van der Waals surface area contributed by atoms with Crippen molar-refractivity contribution in [3.8, 4) is 0 Å². The van der Waals surface area contributed by atoms with E-state index in [9.17, 15) is 0 Å². The molecule has 1 aliphatic heterocycles. The van der Waals surface area contributed by atoms with E-state index < -0.39 is 0 Å². The van der Waals surface area contributed by atoms with Crippen molar-refractivity contribution >= 4 is 23.5 Å². The third-order valence-electron chi connectivity index (χ3n) is 3.76. The highest BCUT2D eigenvalue weighted by molar-refractivity contribution is 8.07. The molecular formula is C15H27N3S2. The fraction of sp³-hybridized carbons (Fsp3) is 0.800. The van der Waals surface area contributed by atoms with Crippen LogP contribution in [0.15, 0.2) is 12.4 Å². The topological polar surface area (TPSA) is 29.9 Å². The maximum Gasteiger partial charge on any atom is 0.0522 e. The zero-order chi connectivity index (χ0) is 14.4. The van der Waals surface area contributed by atoms with Crippen LogP contribution in [0.4, 0.5) is 0 Å². The number of nitrogens with zero attached hydrogens (tertiary/aromatic N) is 2. The number of rotatable bonds is 7. The van der Waals surface area contributed by atoms with E-state index in [0.29, 0.717) is 6.04 Å². The molecule has 1 N–H and O–H groups in total. The SMILES string of the molecule is CCCNC(Cc1cnn(C)c1)C1SCCSC1CC. The smallest absolute Gasteiger partial charge is 0.0522 e. The summed E-state index contributed by atoms with van der Waals surface area (Å²) in [5.41, 5.74) is 1.35. The van der Waals surface area contributed by atoms with Gasteiger partial charge in [0.15, 0.2) is 0 Å². The van der Waals surface area contributed by atoms with Gasteiger partial charge in [-0.25, -0.2) is 0 Å². The summed E-state index contributed by atoms with van der Waals surface area (Å²) in [6.07, 6.45) is 7.75. The van der Waals surface area contributed by atoms with Crippen molar-refractivity contribution in [2.75, 3.05) is 18.1 Å². The molecule has 2 rings (SSSR count).